The van der Waals surface area contributed by atoms with Gasteiger partial charge in [-0.05, 0) is 31.2 Å². The van der Waals surface area contributed by atoms with E-state index >= 15 is 0 Å². The SMILES string of the molecule is CCOCc1nc(=S)cc(-c2cc(C#N)ccc2OC)[nH]1. The van der Waals surface area contributed by atoms with Gasteiger partial charge in [-0.3, -0.25) is 0 Å². The van der Waals surface area contributed by atoms with Crippen molar-refractivity contribution >= 4 is 12.2 Å². The first kappa shape index (κ1) is 15.2. The lowest BCUT2D eigenvalue weighted by atomic mass is 10.1. The van der Waals surface area contributed by atoms with Crippen molar-refractivity contribution in [3.05, 3.63) is 40.3 Å². The molecule has 0 aliphatic carbocycles. The van der Waals surface area contributed by atoms with Gasteiger partial charge in [0.25, 0.3) is 0 Å². The number of aromatic amines is 1. The summed E-state index contributed by atoms with van der Waals surface area (Å²) < 4.78 is 11.1. The van der Waals surface area contributed by atoms with E-state index in [0.29, 0.717) is 35.0 Å². The third kappa shape index (κ3) is 3.66. The molecule has 0 bridgehead atoms. The maximum absolute atomic E-state index is 9.04. The highest BCUT2D eigenvalue weighted by atomic mass is 32.1. The molecule has 0 fully saturated rings. The van der Waals surface area contributed by atoms with E-state index < -0.39 is 0 Å². The van der Waals surface area contributed by atoms with Crippen LogP contribution >= 0.6 is 12.2 Å². The summed E-state index contributed by atoms with van der Waals surface area (Å²) in [6, 6.07) is 9.07. The zero-order valence-electron chi connectivity index (χ0n) is 11.8. The van der Waals surface area contributed by atoms with Crippen LogP contribution in [0.1, 0.15) is 18.3 Å². The number of aromatic nitrogens is 2. The highest BCUT2D eigenvalue weighted by molar-refractivity contribution is 7.71. The Labute approximate surface area is 128 Å². The maximum Gasteiger partial charge on any atom is 0.134 e. The Morgan fingerprint density at radius 3 is 2.86 bits per heavy atom. The van der Waals surface area contributed by atoms with E-state index in [1.165, 1.54) is 0 Å². The van der Waals surface area contributed by atoms with Gasteiger partial charge in [0.1, 0.15) is 22.8 Å². The lowest BCUT2D eigenvalue weighted by Crippen LogP contribution is -2.01. The molecule has 0 spiro atoms. The average molecular weight is 301 g/mol. The van der Waals surface area contributed by atoms with Crippen LogP contribution in [0.25, 0.3) is 11.3 Å². The number of nitrogens with one attached hydrogen (secondary N) is 1. The molecule has 0 unspecified atom stereocenters. The molecule has 0 saturated carbocycles. The number of benzene rings is 1. The third-order valence-electron chi connectivity index (χ3n) is 2.85. The van der Waals surface area contributed by atoms with Crippen LogP contribution in [0.4, 0.5) is 0 Å². The molecule has 21 heavy (non-hydrogen) atoms. The minimum Gasteiger partial charge on any atom is -0.496 e. The van der Waals surface area contributed by atoms with Gasteiger partial charge in [0.15, 0.2) is 0 Å². The van der Waals surface area contributed by atoms with E-state index in [4.69, 9.17) is 27.0 Å². The molecular weight excluding hydrogens is 286 g/mol. The van der Waals surface area contributed by atoms with Crippen molar-refractivity contribution < 1.29 is 9.47 Å². The number of methoxy groups -OCH3 is 1. The Kier molecular flexibility index (Phi) is 5.04. The number of nitrogens with zero attached hydrogens (tertiary/aromatic N) is 2. The van der Waals surface area contributed by atoms with Gasteiger partial charge in [-0.15, -0.1) is 0 Å². The molecule has 0 radical (unpaired) electrons. The van der Waals surface area contributed by atoms with Gasteiger partial charge < -0.3 is 14.5 Å². The summed E-state index contributed by atoms with van der Waals surface area (Å²) in [7, 11) is 1.59. The van der Waals surface area contributed by atoms with Gasteiger partial charge in [-0.1, -0.05) is 12.2 Å². The smallest absolute Gasteiger partial charge is 0.134 e. The maximum atomic E-state index is 9.04. The monoisotopic (exact) mass is 301 g/mol. The van der Waals surface area contributed by atoms with Crippen LogP contribution in [0.5, 0.6) is 5.75 Å². The average Bonchev–Trinajstić information content (AvgIpc) is 2.51. The quantitative estimate of drug-likeness (QED) is 0.859. The fourth-order valence-corrected chi connectivity index (χ4v) is 2.14. The topological polar surface area (TPSA) is 70.9 Å². The molecular formula is C15H15N3O2S. The molecule has 1 N–H and O–H groups in total. The van der Waals surface area contributed by atoms with Gasteiger partial charge in [-0.25, -0.2) is 4.98 Å². The van der Waals surface area contributed by atoms with Crippen molar-refractivity contribution in [3.63, 3.8) is 0 Å². The Bertz CT molecular complexity index is 734. The summed E-state index contributed by atoms with van der Waals surface area (Å²) in [5.41, 5.74) is 2.06. The fourth-order valence-electron chi connectivity index (χ4n) is 1.91. The number of ether oxygens (including phenoxy) is 2. The van der Waals surface area contributed by atoms with E-state index in [0.717, 1.165) is 11.3 Å². The van der Waals surface area contributed by atoms with Crippen molar-refractivity contribution in [2.45, 2.75) is 13.5 Å². The number of hydrogen-bond donors (Lipinski definition) is 1. The van der Waals surface area contributed by atoms with Crippen molar-refractivity contribution in [3.8, 4) is 23.1 Å². The molecule has 2 aromatic rings. The van der Waals surface area contributed by atoms with Crippen LogP contribution in [0.2, 0.25) is 0 Å². The predicted octanol–water partition coefficient (Wildman–Crippen LogP) is 3.22. The highest BCUT2D eigenvalue weighted by Gasteiger charge is 2.09. The normalized spacial score (nSPS) is 10.1. The second kappa shape index (κ2) is 6.97. The van der Waals surface area contributed by atoms with Crippen LogP contribution < -0.4 is 4.74 Å². The minimum atomic E-state index is 0.355. The van der Waals surface area contributed by atoms with E-state index in [-0.39, 0.29) is 0 Å². The Hall–Kier alpha value is -2.23. The molecule has 5 nitrogen and oxygen atoms in total. The second-order valence-electron chi connectivity index (χ2n) is 4.24. The zero-order valence-corrected chi connectivity index (χ0v) is 12.7. The molecule has 6 heteroatoms. The summed E-state index contributed by atoms with van der Waals surface area (Å²) in [4.78, 5) is 7.39. The molecule has 0 atom stereocenters. The molecule has 0 saturated heterocycles. The van der Waals surface area contributed by atoms with Crippen LogP contribution in [0.3, 0.4) is 0 Å². The first-order valence-corrected chi connectivity index (χ1v) is 6.85. The summed E-state index contributed by atoms with van der Waals surface area (Å²) in [6.07, 6.45) is 0. The summed E-state index contributed by atoms with van der Waals surface area (Å²) in [5, 5.41) is 9.04. The van der Waals surface area contributed by atoms with Gasteiger partial charge in [-0.2, -0.15) is 5.26 Å². The fraction of sp³-hybridized carbons (Fsp3) is 0.267. The number of nitriles is 1. The summed E-state index contributed by atoms with van der Waals surface area (Å²) in [5.74, 6) is 1.30. The lowest BCUT2D eigenvalue weighted by Gasteiger charge is -2.10. The number of hydrogen-bond acceptors (Lipinski definition) is 5. The highest BCUT2D eigenvalue weighted by Crippen LogP contribution is 2.29. The molecule has 1 aromatic carbocycles. The van der Waals surface area contributed by atoms with Crippen molar-refractivity contribution in [1.29, 1.82) is 5.26 Å². The molecule has 0 aliphatic heterocycles. The van der Waals surface area contributed by atoms with Crippen LogP contribution in [-0.4, -0.2) is 23.7 Å². The van der Waals surface area contributed by atoms with E-state index in [1.54, 1.807) is 31.4 Å². The first-order chi connectivity index (χ1) is 10.2. The van der Waals surface area contributed by atoms with Crippen molar-refractivity contribution in [2.75, 3.05) is 13.7 Å². The van der Waals surface area contributed by atoms with E-state index in [9.17, 15) is 0 Å². The predicted molar refractivity (Wildman–Crippen MR) is 81.5 cm³/mol. The largest absolute Gasteiger partial charge is 0.496 e. The first-order valence-electron chi connectivity index (χ1n) is 6.44. The summed E-state index contributed by atoms with van der Waals surface area (Å²) in [6.45, 7) is 2.87. The van der Waals surface area contributed by atoms with E-state index in [1.807, 2.05) is 6.92 Å². The molecule has 0 amide bonds. The zero-order chi connectivity index (χ0) is 15.2. The Morgan fingerprint density at radius 1 is 1.38 bits per heavy atom. The van der Waals surface area contributed by atoms with Crippen LogP contribution in [0, 0.1) is 16.0 Å². The van der Waals surface area contributed by atoms with Crippen molar-refractivity contribution in [1.82, 2.24) is 9.97 Å². The van der Waals surface area contributed by atoms with E-state index in [2.05, 4.69) is 16.0 Å². The minimum absolute atomic E-state index is 0.355. The lowest BCUT2D eigenvalue weighted by molar-refractivity contribution is 0.128. The Morgan fingerprint density at radius 2 is 2.19 bits per heavy atom. The molecule has 2 rings (SSSR count). The second-order valence-corrected chi connectivity index (χ2v) is 4.66. The third-order valence-corrected chi connectivity index (χ3v) is 3.06. The van der Waals surface area contributed by atoms with Gasteiger partial charge in [0.2, 0.25) is 0 Å². The molecule has 1 heterocycles. The van der Waals surface area contributed by atoms with Crippen LogP contribution in [0.15, 0.2) is 24.3 Å². The van der Waals surface area contributed by atoms with Gasteiger partial charge >= 0.3 is 0 Å². The van der Waals surface area contributed by atoms with Crippen LogP contribution in [-0.2, 0) is 11.3 Å². The van der Waals surface area contributed by atoms with Gasteiger partial charge in [0, 0.05) is 12.2 Å². The van der Waals surface area contributed by atoms with Crippen molar-refractivity contribution in [2.24, 2.45) is 0 Å². The Balaban J connectivity index is 2.53. The molecule has 1 aromatic heterocycles. The molecule has 0 aliphatic rings. The van der Waals surface area contributed by atoms with Gasteiger partial charge in [0.05, 0.1) is 24.4 Å². The number of H-pyrrole nitrogens is 1. The standard InChI is InChI=1S/C15H15N3O2S/c1-3-20-9-14-17-12(7-15(21)18-14)11-6-10(8-16)4-5-13(11)19-2/h4-7H,3,9H2,1-2H3,(H,17,18,21). The summed E-state index contributed by atoms with van der Waals surface area (Å²) >= 11 is 5.19. The number of rotatable bonds is 5. The molecule has 108 valence electrons.